The lowest BCUT2D eigenvalue weighted by atomic mass is 9.47. The fraction of sp³-hybridized carbons (Fsp3) is 0.864. The van der Waals surface area contributed by atoms with E-state index in [1.807, 2.05) is 0 Å². The summed E-state index contributed by atoms with van der Waals surface area (Å²) in [6.07, 6.45) is 12.5. The second kappa shape index (κ2) is 7.49. The molecular formula is C22H37N3O2. The van der Waals surface area contributed by atoms with Crippen molar-refractivity contribution < 1.29 is 9.94 Å². The molecule has 4 N–H and O–H groups in total. The average molecular weight is 376 g/mol. The maximum absolute atomic E-state index is 10.6. The zero-order valence-corrected chi connectivity index (χ0v) is 17.0. The molecule has 27 heavy (non-hydrogen) atoms. The molecule has 0 saturated heterocycles. The van der Waals surface area contributed by atoms with Crippen LogP contribution in [0.25, 0.3) is 0 Å². The Morgan fingerprint density at radius 3 is 2.85 bits per heavy atom. The van der Waals surface area contributed by atoms with Gasteiger partial charge in [0.1, 0.15) is 0 Å². The molecule has 3 saturated carbocycles. The van der Waals surface area contributed by atoms with E-state index in [9.17, 15) is 5.11 Å². The number of fused-ring (bicyclic) bond motifs is 5. The first-order valence-electron chi connectivity index (χ1n) is 11.0. The smallest absolute Gasteiger partial charge is 0.0776 e. The average Bonchev–Trinajstić information content (AvgIpc) is 2.97. The summed E-state index contributed by atoms with van der Waals surface area (Å²) in [5, 5.41) is 15.0. The number of nitrogens with zero attached hydrogens (tertiary/aromatic N) is 1. The number of aliphatic hydroxyl groups is 1. The molecule has 0 aliphatic heterocycles. The summed E-state index contributed by atoms with van der Waals surface area (Å²) in [4.78, 5) is 5.32. The molecule has 0 spiro atoms. The third-order valence-electron chi connectivity index (χ3n) is 8.63. The topological polar surface area (TPSA) is 79.9 Å². The second-order valence-corrected chi connectivity index (χ2v) is 9.83. The van der Waals surface area contributed by atoms with Crippen molar-refractivity contribution in [1.82, 2.24) is 5.59 Å². The van der Waals surface area contributed by atoms with Crippen molar-refractivity contribution in [2.75, 3.05) is 13.2 Å². The van der Waals surface area contributed by atoms with Gasteiger partial charge in [0, 0.05) is 0 Å². The van der Waals surface area contributed by atoms with E-state index in [1.165, 1.54) is 38.5 Å². The lowest BCUT2D eigenvalue weighted by Crippen LogP contribution is -2.51. The number of rotatable bonds is 5. The maximum Gasteiger partial charge on any atom is 0.0776 e. The summed E-state index contributed by atoms with van der Waals surface area (Å²) in [5.41, 5.74) is 11.4. The van der Waals surface area contributed by atoms with Gasteiger partial charge in [-0.2, -0.15) is 10.7 Å². The van der Waals surface area contributed by atoms with Crippen LogP contribution in [0, 0.1) is 28.6 Å². The van der Waals surface area contributed by atoms with Crippen molar-refractivity contribution in [2.24, 2.45) is 39.4 Å². The summed E-state index contributed by atoms with van der Waals surface area (Å²) in [5.74, 6) is 2.28. The van der Waals surface area contributed by atoms with E-state index in [0.29, 0.717) is 18.6 Å². The highest BCUT2D eigenvalue weighted by Crippen LogP contribution is 2.65. The third kappa shape index (κ3) is 3.26. The van der Waals surface area contributed by atoms with Crippen LogP contribution >= 0.6 is 0 Å². The normalized spacial score (nSPS) is 45.0. The van der Waals surface area contributed by atoms with Crippen LogP contribution in [0.4, 0.5) is 0 Å². The molecular weight excluding hydrogens is 338 g/mol. The zero-order chi connectivity index (χ0) is 19.1. The summed E-state index contributed by atoms with van der Waals surface area (Å²) in [7, 11) is 0. The Morgan fingerprint density at radius 1 is 1.19 bits per heavy atom. The Labute approximate surface area is 163 Å². The van der Waals surface area contributed by atoms with Gasteiger partial charge < -0.3 is 10.8 Å². The molecule has 5 heteroatoms. The number of nitrogens with two attached hydrogens (primary N) is 1. The summed E-state index contributed by atoms with van der Waals surface area (Å²) in [6.45, 7) is 6.10. The quantitative estimate of drug-likeness (QED) is 0.507. The Kier molecular flexibility index (Phi) is 5.38. The predicted molar refractivity (Wildman–Crippen MR) is 108 cm³/mol. The van der Waals surface area contributed by atoms with Gasteiger partial charge in [0.15, 0.2) is 0 Å². The number of allylic oxidation sites excluding steroid dienone is 2. The zero-order valence-electron chi connectivity index (χ0n) is 17.0. The van der Waals surface area contributed by atoms with Crippen molar-refractivity contribution in [3.8, 4) is 0 Å². The summed E-state index contributed by atoms with van der Waals surface area (Å²) < 4.78 is 0. The highest BCUT2D eigenvalue weighted by molar-refractivity contribution is 5.96. The van der Waals surface area contributed by atoms with E-state index in [2.05, 4.69) is 30.6 Å². The van der Waals surface area contributed by atoms with Crippen LogP contribution in [0.1, 0.15) is 71.6 Å². The third-order valence-corrected chi connectivity index (χ3v) is 8.63. The standard InChI is InChI=1S/C22H37N3O2/c1-21-10-8-16(24-25-27-13-3-12-23)14-15(21)4-5-17-18-6-7-20(26)22(18,2)11-9-19(17)21/h14,17-20,25-26H,3-13,23H2,1-2H3. The van der Waals surface area contributed by atoms with Gasteiger partial charge >= 0.3 is 0 Å². The molecule has 4 aliphatic rings. The molecule has 152 valence electrons. The Hall–Kier alpha value is -0.910. The molecule has 0 heterocycles. The van der Waals surface area contributed by atoms with E-state index >= 15 is 0 Å². The van der Waals surface area contributed by atoms with Gasteiger partial charge in [-0.3, -0.25) is 4.84 Å². The minimum absolute atomic E-state index is 0.0800. The molecule has 4 rings (SSSR count). The van der Waals surface area contributed by atoms with Crippen LogP contribution in [0.3, 0.4) is 0 Å². The monoisotopic (exact) mass is 375 g/mol. The van der Waals surface area contributed by atoms with Crippen LogP contribution < -0.4 is 11.3 Å². The number of hydrogen-bond donors (Lipinski definition) is 3. The highest BCUT2D eigenvalue weighted by atomic mass is 16.7. The van der Waals surface area contributed by atoms with Crippen LogP contribution in [-0.4, -0.2) is 30.1 Å². The first kappa shape index (κ1) is 19.4. The maximum atomic E-state index is 10.6. The molecule has 0 aromatic rings. The number of aliphatic hydroxyl groups excluding tert-OH is 1. The lowest BCUT2D eigenvalue weighted by molar-refractivity contribution is -0.0722. The van der Waals surface area contributed by atoms with E-state index in [-0.39, 0.29) is 11.5 Å². The highest BCUT2D eigenvalue weighted by Gasteiger charge is 2.58. The molecule has 5 nitrogen and oxygen atoms in total. The molecule has 0 amide bonds. The van der Waals surface area contributed by atoms with Crippen molar-refractivity contribution in [3.63, 3.8) is 0 Å². The van der Waals surface area contributed by atoms with E-state index < -0.39 is 0 Å². The largest absolute Gasteiger partial charge is 0.393 e. The number of hydrogen-bond acceptors (Lipinski definition) is 5. The molecule has 3 fully saturated rings. The van der Waals surface area contributed by atoms with Gasteiger partial charge in [0.2, 0.25) is 0 Å². The van der Waals surface area contributed by atoms with Gasteiger partial charge in [-0.15, -0.1) is 0 Å². The van der Waals surface area contributed by atoms with Gasteiger partial charge in [-0.1, -0.05) is 19.4 Å². The fourth-order valence-electron chi connectivity index (χ4n) is 6.92. The van der Waals surface area contributed by atoms with Gasteiger partial charge in [-0.25, -0.2) is 0 Å². The SMILES string of the molecule is CC12CCC(=NNOCCCN)C=C1CCC1C2CCC2(C)C(O)CCC12. The minimum Gasteiger partial charge on any atom is -0.393 e. The van der Waals surface area contributed by atoms with Crippen LogP contribution in [0.15, 0.2) is 16.8 Å². The Morgan fingerprint density at radius 2 is 2.04 bits per heavy atom. The van der Waals surface area contributed by atoms with Crippen LogP contribution in [0.5, 0.6) is 0 Å². The minimum atomic E-state index is -0.0800. The number of hydrazone groups is 1. The van der Waals surface area contributed by atoms with Crippen molar-refractivity contribution >= 4 is 5.71 Å². The molecule has 0 aromatic carbocycles. The van der Waals surface area contributed by atoms with Crippen molar-refractivity contribution in [2.45, 2.75) is 77.7 Å². The number of nitrogens with one attached hydrogen (secondary N) is 1. The van der Waals surface area contributed by atoms with E-state index in [0.717, 1.165) is 42.7 Å². The molecule has 6 unspecified atom stereocenters. The van der Waals surface area contributed by atoms with Crippen LogP contribution in [0.2, 0.25) is 0 Å². The van der Waals surface area contributed by atoms with E-state index in [1.54, 1.807) is 5.57 Å². The van der Waals surface area contributed by atoms with Gasteiger partial charge in [0.05, 0.1) is 18.4 Å². The first-order valence-corrected chi connectivity index (χ1v) is 11.0. The van der Waals surface area contributed by atoms with Gasteiger partial charge in [0.25, 0.3) is 0 Å². The molecule has 0 aromatic heterocycles. The van der Waals surface area contributed by atoms with Crippen molar-refractivity contribution in [3.05, 3.63) is 11.6 Å². The van der Waals surface area contributed by atoms with Crippen LogP contribution in [-0.2, 0) is 4.84 Å². The Balaban J connectivity index is 1.47. The van der Waals surface area contributed by atoms with Gasteiger partial charge in [-0.05, 0) is 99.0 Å². The van der Waals surface area contributed by atoms with E-state index in [4.69, 9.17) is 10.6 Å². The summed E-state index contributed by atoms with van der Waals surface area (Å²) in [6, 6.07) is 0. The molecule has 6 atom stereocenters. The lowest BCUT2D eigenvalue weighted by Gasteiger charge is -2.57. The Bertz CT molecular complexity index is 619. The summed E-state index contributed by atoms with van der Waals surface area (Å²) >= 11 is 0. The molecule has 0 bridgehead atoms. The molecule has 0 radical (unpaired) electrons. The van der Waals surface area contributed by atoms with Crippen molar-refractivity contribution in [1.29, 1.82) is 0 Å². The molecule has 4 aliphatic carbocycles. The predicted octanol–water partition coefficient (Wildman–Crippen LogP) is 3.54. The first-order chi connectivity index (χ1) is 13.0. The fourth-order valence-corrected chi connectivity index (χ4v) is 6.92. The second-order valence-electron chi connectivity index (χ2n) is 9.83.